The summed E-state index contributed by atoms with van der Waals surface area (Å²) in [5, 5.41) is -5.61. The highest BCUT2D eigenvalue weighted by Gasteiger charge is 2.17. The number of hydrogen-bond donors (Lipinski definition) is 0. The summed E-state index contributed by atoms with van der Waals surface area (Å²) in [5.74, 6) is 0. The third-order valence-electron chi connectivity index (χ3n) is 7.20. The minimum Gasteiger partial charge on any atom is -0.0616 e. The van der Waals surface area contributed by atoms with Gasteiger partial charge in [-0.05, 0) is 93.3 Å². The van der Waals surface area contributed by atoms with Crippen molar-refractivity contribution in [3.05, 3.63) is 169 Å². The zero-order valence-electron chi connectivity index (χ0n) is 49.1. The van der Waals surface area contributed by atoms with Crippen molar-refractivity contribution < 1.29 is 37.0 Å². The molecular weight excluding hydrogens is 528 g/mol. The van der Waals surface area contributed by atoms with E-state index in [2.05, 4.69) is 0 Å². The highest BCUT2D eigenvalue weighted by atomic mass is 14.2. The van der Waals surface area contributed by atoms with Gasteiger partial charge in [-0.15, -0.1) is 0 Å². The molecule has 0 aliphatic heterocycles. The van der Waals surface area contributed by atoms with Gasteiger partial charge in [0.2, 0.25) is 0 Å². The molecule has 0 amide bonds. The summed E-state index contributed by atoms with van der Waals surface area (Å²) in [6.07, 6.45) is 0. The lowest BCUT2D eigenvalue weighted by atomic mass is 9.85. The van der Waals surface area contributed by atoms with Crippen LogP contribution in [0.1, 0.15) is 37.0 Å². The van der Waals surface area contributed by atoms with Crippen molar-refractivity contribution in [1.29, 1.82) is 0 Å². The number of fused-ring (bicyclic) bond motifs is 6. The monoisotopic (exact) mass is 583 g/mol. The first-order valence-electron chi connectivity index (χ1n) is 26.6. The molecule has 44 heavy (non-hydrogen) atoms. The Balaban J connectivity index is 1.54. The molecule has 0 saturated heterocycles. The molecule has 9 rings (SSSR count). The first-order valence-corrected chi connectivity index (χ1v) is 13.1. The lowest BCUT2D eigenvalue weighted by Crippen LogP contribution is -1.91. The van der Waals surface area contributed by atoms with Gasteiger partial charge in [0.05, 0.1) is 37.0 Å². The fourth-order valence-corrected chi connectivity index (χ4v) is 5.29. The maximum Gasteiger partial charge on any atom is 0.0636 e. The third-order valence-corrected chi connectivity index (χ3v) is 7.20. The molecule has 0 aliphatic rings. The van der Waals surface area contributed by atoms with E-state index in [4.69, 9.17) is 23.3 Å². The van der Waals surface area contributed by atoms with Gasteiger partial charge < -0.3 is 0 Å². The Labute approximate surface area is 294 Å². The van der Waals surface area contributed by atoms with Crippen LogP contribution in [0.25, 0.3) is 87.2 Å². The van der Waals surface area contributed by atoms with Crippen LogP contribution >= 0.6 is 0 Å². The van der Waals surface area contributed by atoms with Crippen molar-refractivity contribution in [3.63, 3.8) is 0 Å². The maximum absolute atomic E-state index is 9.65. The van der Waals surface area contributed by atoms with Crippen molar-refractivity contribution in [1.82, 2.24) is 0 Å². The molecule has 0 atom stereocenters. The minimum absolute atomic E-state index is 0.474. The average Bonchev–Trinajstić information content (AvgIpc) is 3.33. The predicted octanol–water partition coefficient (Wildman–Crippen LogP) is 12.5. The molecule has 0 radical (unpaired) electrons. The van der Waals surface area contributed by atoms with Gasteiger partial charge in [0.1, 0.15) is 0 Å². The molecule has 0 aliphatic carbocycles. The summed E-state index contributed by atoms with van der Waals surface area (Å²) in [4.78, 5) is 0. The summed E-state index contributed by atoms with van der Waals surface area (Å²) < 4.78 is 241. The standard InChI is InChI=1S/C44H28/c1-3-13-35-29(10-1)12-9-19-37(35)31-20-23-32(24-21-31)43-39-15-5-7-17-41(39)44(42-18-8-6-16-40(42)43)34-26-27-38-33(28-34)25-22-30-11-2-4-14-36(30)38/h1-28H/i1D,2D,3D,4D,5D,6D,7D,8D,9D,10D,11D,12D,13D,14D,15D,17D,18D,19D,20D,21D,22D,23D,24D,25D,26D,27D,28D. The van der Waals surface area contributed by atoms with Crippen LogP contribution in [0.4, 0.5) is 0 Å². The van der Waals surface area contributed by atoms with Crippen LogP contribution in [-0.2, 0) is 0 Å². The van der Waals surface area contributed by atoms with E-state index in [-0.39, 0.29) is 0 Å². The number of rotatable bonds is 3. The third kappa shape index (κ3) is 3.85. The zero-order valence-corrected chi connectivity index (χ0v) is 22.1. The topological polar surface area (TPSA) is 0 Å². The number of benzene rings is 9. The van der Waals surface area contributed by atoms with Gasteiger partial charge in [-0.25, -0.2) is 0 Å². The Kier molecular flexibility index (Phi) is 2.24. The van der Waals surface area contributed by atoms with Gasteiger partial charge in [-0.3, -0.25) is 0 Å². The van der Waals surface area contributed by atoms with Gasteiger partial charge in [0.25, 0.3) is 0 Å². The molecule has 0 heteroatoms. The van der Waals surface area contributed by atoms with Crippen molar-refractivity contribution in [3.8, 4) is 33.4 Å². The quantitative estimate of drug-likeness (QED) is 0.143. The van der Waals surface area contributed by atoms with Crippen LogP contribution in [0.15, 0.2) is 169 Å². The van der Waals surface area contributed by atoms with E-state index >= 15 is 0 Å². The first-order chi connectivity index (χ1) is 33.1. The van der Waals surface area contributed by atoms with Gasteiger partial charge >= 0.3 is 0 Å². The summed E-state index contributed by atoms with van der Waals surface area (Å²) in [7, 11) is 0. The second-order valence-corrected chi connectivity index (χ2v) is 9.58. The fraction of sp³-hybridized carbons (Fsp3) is 0. The fourth-order valence-electron chi connectivity index (χ4n) is 5.29. The second kappa shape index (κ2) is 9.93. The molecule has 204 valence electrons. The molecule has 0 fully saturated rings. The molecule has 0 bridgehead atoms. The van der Waals surface area contributed by atoms with Crippen LogP contribution in [0.3, 0.4) is 0 Å². The van der Waals surface area contributed by atoms with E-state index in [1.807, 2.05) is 0 Å². The van der Waals surface area contributed by atoms with Crippen molar-refractivity contribution in [2.24, 2.45) is 0 Å². The second-order valence-electron chi connectivity index (χ2n) is 9.58. The maximum atomic E-state index is 9.65. The normalized spacial score (nSPS) is 20.2. The van der Waals surface area contributed by atoms with Crippen LogP contribution in [0, 0.1) is 0 Å². The highest BCUT2D eigenvalue weighted by Crippen LogP contribution is 2.44. The van der Waals surface area contributed by atoms with Gasteiger partial charge in [0, 0.05) is 0 Å². The number of hydrogen-bond acceptors (Lipinski definition) is 0. The van der Waals surface area contributed by atoms with E-state index in [0.717, 1.165) is 6.07 Å². The predicted molar refractivity (Wildman–Crippen MR) is 190 cm³/mol. The molecule has 0 aromatic heterocycles. The molecule has 0 N–H and O–H groups in total. The summed E-state index contributed by atoms with van der Waals surface area (Å²) in [6.45, 7) is 0. The van der Waals surface area contributed by atoms with Crippen LogP contribution < -0.4 is 0 Å². The summed E-state index contributed by atoms with van der Waals surface area (Å²) in [6, 6.07) is -22.7. The lowest BCUT2D eigenvalue weighted by molar-refractivity contribution is 1.63. The lowest BCUT2D eigenvalue weighted by Gasteiger charge is -2.18. The van der Waals surface area contributed by atoms with Gasteiger partial charge in [-0.1, -0.05) is 163 Å². The van der Waals surface area contributed by atoms with Crippen molar-refractivity contribution >= 4 is 53.9 Å². The molecule has 0 heterocycles. The van der Waals surface area contributed by atoms with Gasteiger partial charge in [-0.2, -0.15) is 0 Å². The Morgan fingerprint density at radius 3 is 1.57 bits per heavy atom. The van der Waals surface area contributed by atoms with Crippen LogP contribution in [-0.4, -0.2) is 0 Å². The molecule has 0 nitrogen and oxygen atoms in total. The summed E-state index contributed by atoms with van der Waals surface area (Å²) >= 11 is 0. The Bertz CT molecular complexity index is 4030. The minimum atomic E-state index is -1.02. The zero-order chi connectivity index (χ0) is 52.5. The van der Waals surface area contributed by atoms with E-state index in [0.29, 0.717) is 0 Å². The highest BCUT2D eigenvalue weighted by molar-refractivity contribution is 6.22. The van der Waals surface area contributed by atoms with Crippen molar-refractivity contribution in [2.75, 3.05) is 0 Å². The van der Waals surface area contributed by atoms with Gasteiger partial charge in [0.15, 0.2) is 0 Å². The van der Waals surface area contributed by atoms with Crippen LogP contribution in [0.5, 0.6) is 0 Å². The smallest absolute Gasteiger partial charge is 0.0616 e. The van der Waals surface area contributed by atoms with Crippen molar-refractivity contribution in [2.45, 2.75) is 0 Å². The molecule has 9 aromatic rings. The Hall–Kier alpha value is -5.72. The first kappa shape index (κ1) is 9.91. The SMILES string of the molecule is [2H]c1cc2c(-c3c([2H])c([2H])c(-c4c([2H])c([2H])c([2H])c5c([2H])c([2H])c([2H])c([2H])c45)c([2H])c3[2H])c3c([2H])c([2H])c([2H])c([2H])c3c(-c3c([2H])c([2H])c4c(c3[2H])c([2H])c([2H])c3c([2H])c([2H])c([2H])c([2H])c34)c2c([2H])c1[2H]. The molecule has 9 aromatic carbocycles. The molecule has 0 spiro atoms. The van der Waals surface area contributed by atoms with E-state index in [9.17, 15) is 13.7 Å². The summed E-state index contributed by atoms with van der Waals surface area (Å²) in [5.41, 5.74) is -4.16. The van der Waals surface area contributed by atoms with E-state index in [1.165, 1.54) is 0 Å². The van der Waals surface area contributed by atoms with E-state index < -0.39 is 250 Å². The molecule has 0 saturated carbocycles. The largest absolute Gasteiger partial charge is 0.0636 e. The average molecular weight is 584 g/mol. The Morgan fingerprint density at radius 2 is 0.795 bits per heavy atom. The van der Waals surface area contributed by atoms with E-state index in [1.54, 1.807) is 0 Å². The molecule has 0 unspecified atom stereocenters. The Morgan fingerprint density at radius 1 is 0.295 bits per heavy atom. The van der Waals surface area contributed by atoms with Crippen LogP contribution in [0.2, 0.25) is 0 Å². The molecular formula is C44H28.